The van der Waals surface area contributed by atoms with Crippen molar-refractivity contribution in [2.24, 2.45) is 0 Å². The Labute approximate surface area is 114 Å². The predicted octanol–water partition coefficient (Wildman–Crippen LogP) is 1.89. The lowest BCUT2D eigenvalue weighted by Gasteiger charge is -2.29. The molecule has 0 aliphatic heterocycles. The Balaban J connectivity index is 5.08. The van der Waals surface area contributed by atoms with Crippen LogP contribution in [-0.2, 0) is 4.74 Å². The van der Waals surface area contributed by atoms with Crippen LogP contribution in [0.4, 0.5) is 9.59 Å². The summed E-state index contributed by atoms with van der Waals surface area (Å²) in [6, 6.07) is -1.95. The average molecular weight is 272 g/mol. The maximum absolute atomic E-state index is 12.0. The van der Waals surface area contributed by atoms with Crippen molar-refractivity contribution in [3.63, 3.8) is 0 Å². The van der Waals surface area contributed by atoms with E-state index < -0.39 is 29.2 Å². The number of urea groups is 2. The number of amides is 4. The molecule has 0 saturated carbocycles. The third-order valence-corrected chi connectivity index (χ3v) is 1.77. The Hall–Kier alpha value is -1.79. The molecule has 0 rings (SSSR count). The highest BCUT2D eigenvalue weighted by Gasteiger charge is 2.31. The van der Waals surface area contributed by atoms with E-state index in [-0.39, 0.29) is 0 Å². The van der Waals surface area contributed by atoms with E-state index >= 15 is 0 Å². The van der Waals surface area contributed by atoms with Gasteiger partial charge in [0, 0.05) is 11.1 Å². The minimum absolute atomic E-state index is 0.522. The van der Waals surface area contributed by atoms with Crippen LogP contribution < -0.4 is 10.6 Å². The summed E-state index contributed by atoms with van der Waals surface area (Å²) in [6.45, 7) is 10.7. The van der Waals surface area contributed by atoms with Crippen LogP contribution in [-0.4, -0.2) is 41.2 Å². The lowest BCUT2D eigenvalue weighted by atomic mass is 10.1. The summed E-state index contributed by atoms with van der Waals surface area (Å²) in [5, 5.41) is 12.8. The first-order valence-electron chi connectivity index (χ1n) is 5.94. The Kier molecular flexibility index (Phi) is 5.34. The topological polar surface area (TPSA) is 94.5 Å². The molecule has 0 bridgehead atoms. The van der Waals surface area contributed by atoms with Gasteiger partial charge in [-0.3, -0.25) is 5.41 Å². The number of imide groups is 1. The van der Waals surface area contributed by atoms with Gasteiger partial charge in [0.15, 0.2) is 0 Å². The number of nitrogens with one attached hydrogen (secondary N) is 3. The summed E-state index contributed by atoms with van der Waals surface area (Å²) in [6.07, 6.45) is 0. The van der Waals surface area contributed by atoms with Gasteiger partial charge in [-0.05, 0) is 41.5 Å². The van der Waals surface area contributed by atoms with Crippen LogP contribution in [0.2, 0.25) is 0 Å². The van der Waals surface area contributed by atoms with Crippen molar-refractivity contribution in [1.29, 1.82) is 5.41 Å². The van der Waals surface area contributed by atoms with Crippen molar-refractivity contribution < 1.29 is 14.3 Å². The largest absolute Gasteiger partial charge is 0.468 e. The van der Waals surface area contributed by atoms with Crippen LogP contribution in [0.3, 0.4) is 0 Å². The molecular weight excluding hydrogens is 248 g/mol. The van der Waals surface area contributed by atoms with Crippen LogP contribution >= 0.6 is 0 Å². The quantitative estimate of drug-likeness (QED) is 0.464. The Morgan fingerprint density at radius 2 is 1.26 bits per heavy atom. The van der Waals surface area contributed by atoms with Crippen molar-refractivity contribution in [2.75, 3.05) is 7.11 Å². The second-order valence-electron chi connectivity index (χ2n) is 6.20. The summed E-state index contributed by atoms with van der Waals surface area (Å²) < 4.78 is 4.67. The number of ether oxygens (including phenoxy) is 1. The normalized spacial score (nSPS) is 11.5. The SMILES string of the molecule is COC(=N)N(C(=O)NC(C)(C)C)C(=O)NC(C)(C)C. The molecule has 0 aliphatic rings. The van der Waals surface area contributed by atoms with Gasteiger partial charge in [0.1, 0.15) is 0 Å². The molecule has 7 nitrogen and oxygen atoms in total. The summed E-state index contributed by atoms with van der Waals surface area (Å²) in [4.78, 5) is 24.7. The molecule has 0 aromatic carbocycles. The van der Waals surface area contributed by atoms with Crippen molar-refractivity contribution in [3.05, 3.63) is 0 Å². The molecule has 0 aliphatic carbocycles. The van der Waals surface area contributed by atoms with Gasteiger partial charge in [0.2, 0.25) is 0 Å². The second-order valence-corrected chi connectivity index (χ2v) is 6.20. The fourth-order valence-electron chi connectivity index (χ4n) is 1.12. The fraction of sp³-hybridized carbons (Fsp3) is 0.750. The second kappa shape index (κ2) is 5.90. The zero-order valence-corrected chi connectivity index (χ0v) is 12.7. The van der Waals surface area contributed by atoms with Crippen molar-refractivity contribution in [1.82, 2.24) is 15.5 Å². The number of nitrogens with zero attached hydrogens (tertiary/aromatic N) is 1. The highest BCUT2D eigenvalue weighted by Crippen LogP contribution is 2.05. The molecule has 0 aromatic heterocycles. The molecule has 0 atom stereocenters. The van der Waals surface area contributed by atoms with Gasteiger partial charge in [-0.15, -0.1) is 0 Å². The molecule has 7 heteroatoms. The molecule has 110 valence electrons. The summed E-state index contributed by atoms with van der Waals surface area (Å²) in [5.74, 6) is 0. The standard InChI is InChI=1S/C12H24N4O3/c1-11(2,3)14-9(17)16(8(13)19-7)10(18)15-12(4,5)6/h13H,1-7H3,(H,14,17)(H,15,18). The van der Waals surface area contributed by atoms with Crippen LogP contribution in [0.5, 0.6) is 0 Å². The van der Waals surface area contributed by atoms with Gasteiger partial charge in [-0.25, -0.2) is 9.59 Å². The van der Waals surface area contributed by atoms with E-state index in [1.54, 1.807) is 41.5 Å². The number of carbonyl (C=O) groups is 2. The number of hydrogen-bond donors (Lipinski definition) is 3. The molecule has 0 unspecified atom stereocenters. The first-order chi connectivity index (χ1) is 8.37. The number of hydrogen-bond acceptors (Lipinski definition) is 4. The molecule has 0 radical (unpaired) electrons. The lowest BCUT2D eigenvalue weighted by Crippen LogP contribution is -2.58. The van der Waals surface area contributed by atoms with E-state index in [2.05, 4.69) is 15.4 Å². The third-order valence-electron chi connectivity index (χ3n) is 1.77. The van der Waals surface area contributed by atoms with E-state index in [4.69, 9.17) is 5.41 Å². The highest BCUT2D eigenvalue weighted by atomic mass is 16.5. The summed E-state index contributed by atoms with van der Waals surface area (Å²) in [5.41, 5.74) is -1.04. The molecule has 0 fully saturated rings. The molecular formula is C12H24N4O3. The first kappa shape index (κ1) is 17.2. The van der Waals surface area contributed by atoms with E-state index in [0.717, 1.165) is 0 Å². The van der Waals surface area contributed by atoms with Gasteiger partial charge in [0.25, 0.3) is 0 Å². The Morgan fingerprint density at radius 1 is 0.947 bits per heavy atom. The molecule has 4 amide bonds. The van der Waals surface area contributed by atoms with Crippen molar-refractivity contribution in [3.8, 4) is 0 Å². The van der Waals surface area contributed by atoms with E-state index in [1.807, 2.05) is 0 Å². The van der Waals surface area contributed by atoms with Crippen LogP contribution in [0, 0.1) is 5.41 Å². The number of amidine groups is 1. The van der Waals surface area contributed by atoms with Crippen LogP contribution in [0.1, 0.15) is 41.5 Å². The number of rotatable bonds is 0. The molecule has 0 aromatic rings. The lowest BCUT2D eigenvalue weighted by molar-refractivity contribution is 0.184. The van der Waals surface area contributed by atoms with Crippen molar-refractivity contribution in [2.45, 2.75) is 52.6 Å². The monoisotopic (exact) mass is 272 g/mol. The maximum Gasteiger partial charge on any atom is 0.334 e. The van der Waals surface area contributed by atoms with Crippen LogP contribution in [0.25, 0.3) is 0 Å². The van der Waals surface area contributed by atoms with Gasteiger partial charge < -0.3 is 15.4 Å². The molecule has 0 heterocycles. The van der Waals surface area contributed by atoms with Gasteiger partial charge >= 0.3 is 18.1 Å². The van der Waals surface area contributed by atoms with Crippen molar-refractivity contribution >= 4 is 18.1 Å². The average Bonchev–Trinajstić information content (AvgIpc) is 2.11. The third kappa shape index (κ3) is 6.64. The Morgan fingerprint density at radius 3 is 1.47 bits per heavy atom. The van der Waals surface area contributed by atoms with Crippen LogP contribution in [0.15, 0.2) is 0 Å². The zero-order chi connectivity index (χ0) is 15.4. The smallest absolute Gasteiger partial charge is 0.334 e. The van der Waals surface area contributed by atoms with Gasteiger partial charge in [0.05, 0.1) is 7.11 Å². The maximum atomic E-state index is 12.0. The minimum Gasteiger partial charge on any atom is -0.468 e. The van der Waals surface area contributed by atoms with E-state index in [1.165, 1.54) is 7.11 Å². The zero-order valence-electron chi connectivity index (χ0n) is 12.7. The predicted molar refractivity (Wildman–Crippen MR) is 73.1 cm³/mol. The van der Waals surface area contributed by atoms with Gasteiger partial charge in [-0.1, -0.05) is 0 Å². The minimum atomic E-state index is -0.707. The summed E-state index contributed by atoms with van der Waals surface area (Å²) in [7, 11) is 1.23. The van der Waals surface area contributed by atoms with Gasteiger partial charge in [-0.2, -0.15) is 4.90 Å². The highest BCUT2D eigenvalue weighted by molar-refractivity contribution is 6.08. The molecule has 19 heavy (non-hydrogen) atoms. The number of carbonyl (C=O) groups excluding carboxylic acids is 2. The molecule has 0 saturated heterocycles. The Bertz CT molecular complexity index is 338. The molecule has 0 spiro atoms. The summed E-state index contributed by atoms with van der Waals surface area (Å²) >= 11 is 0. The van der Waals surface area contributed by atoms with E-state index in [0.29, 0.717) is 4.90 Å². The number of methoxy groups -OCH3 is 1. The van der Waals surface area contributed by atoms with E-state index in [9.17, 15) is 9.59 Å². The first-order valence-corrected chi connectivity index (χ1v) is 5.94. The molecule has 3 N–H and O–H groups in total. The fourth-order valence-corrected chi connectivity index (χ4v) is 1.12.